The molecule has 0 atom stereocenters. The van der Waals surface area contributed by atoms with E-state index in [0.717, 1.165) is 27.9 Å². The maximum atomic E-state index is 10.8. The Bertz CT molecular complexity index is 479. The van der Waals surface area contributed by atoms with E-state index in [1.165, 1.54) is 11.3 Å². The van der Waals surface area contributed by atoms with Crippen molar-refractivity contribution in [3.63, 3.8) is 0 Å². The fourth-order valence-corrected chi connectivity index (χ4v) is 2.17. The zero-order chi connectivity index (χ0) is 10.7. The van der Waals surface area contributed by atoms with Crippen LogP contribution in [0.4, 0.5) is 0 Å². The molecule has 2 heteroatoms. The Hall–Kier alpha value is -1.67. The number of thiophene rings is 1. The van der Waals surface area contributed by atoms with Crippen molar-refractivity contribution in [1.29, 1.82) is 0 Å². The Kier molecular flexibility index (Phi) is 2.79. The first kappa shape index (κ1) is 9.87. The zero-order valence-corrected chi connectivity index (χ0v) is 8.96. The lowest BCUT2D eigenvalue weighted by Crippen LogP contribution is -1.80. The SMILES string of the molecule is C=Cc1ccc(-c2ccsc2C=O)cc1. The van der Waals surface area contributed by atoms with Crippen molar-refractivity contribution in [2.75, 3.05) is 0 Å². The van der Waals surface area contributed by atoms with E-state index in [-0.39, 0.29) is 0 Å². The van der Waals surface area contributed by atoms with Gasteiger partial charge in [0.1, 0.15) is 0 Å². The lowest BCUT2D eigenvalue weighted by molar-refractivity contribution is 0.112. The van der Waals surface area contributed by atoms with Crippen molar-refractivity contribution in [2.24, 2.45) is 0 Å². The highest BCUT2D eigenvalue weighted by molar-refractivity contribution is 7.12. The number of carbonyl (C=O) groups is 1. The van der Waals surface area contributed by atoms with Crippen LogP contribution in [0.1, 0.15) is 15.2 Å². The summed E-state index contributed by atoms with van der Waals surface area (Å²) >= 11 is 1.47. The molecule has 0 aliphatic rings. The fraction of sp³-hybridized carbons (Fsp3) is 0. The van der Waals surface area contributed by atoms with Crippen LogP contribution in [0.3, 0.4) is 0 Å². The van der Waals surface area contributed by atoms with Crippen LogP contribution in [-0.2, 0) is 0 Å². The van der Waals surface area contributed by atoms with Gasteiger partial charge in [0, 0.05) is 5.56 Å². The number of hydrogen-bond acceptors (Lipinski definition) is 2. The van der Waals surface area contributed by atoms with Gasteiger partial charge in [-0.1, -0.05) is 36.9 Å². The second-order valence-electron chi connectivity index (χ2n) is 3.14. The first-order valence-corrected chi connectivity index (χ1v) is 5.48. The number of aldehydes is 1. The third-order valence-electron chi connectivity index (χ3n) is 2.26. The summed E-state index contributed by atoms with van der Waals surface area (Å²) in [4.78, 5) is 11.6. The Balaban J connectivity index is 2.45. The fourth-order valence-electron chi connectivity index (χ4n) is 1.45. The topological polar surface area (TPSA) is 17.1 Å². The standard InChI is InChI=1S/C13H10OS/c1-2-10-3-5-11(6-4-10)12-7-8-15-13(12)9-14/h2-9H,1H2. The minimum Gasteiger partial charge on any atom is -0.297 e. The third kappa shape index (κ3) is 1.90. The first-order chi connectivity index (χ1) is 7.35. The molecule has 0 aliphatic carbocycles. The van der Waals surface area contributed by atoms with Gasteiger partial charge in [0.25, 0.3) is 0 Å². The molecule has 0 fully saturated rings. The van der Waals surface area contributed by atoms with Crippen molar-refractivity contribution in [3.8, 4) is 11.1 Å². The summed E-state index contributed by atoms with van der Waals surface area (Å²) in [7, 11) is 0. The molecule has 74 valence electrons. The van der Waals surface area contributed by atoms with Crippen LogP contribution in [0.25, 0.3) is 17.2 Å². The highest BCUT2D eigenvalue weighted by Gasteiger charge is 2.04. The van der Waals surface area contributed by atoms with Crippen molar-refractivity contribution in [1.82, 2.24) is 0 Å². The molecule has 0 spiro atoms. The second kappa shape index (κ2) is 4.24. The average molecular weight is 214 g/mol. The van der Waals surface area contributed by atoms with Gasteiger partial charge in [0.2, 0.25) is 0 Å². The molecule has 0 radical (unpaired) electrons. The number of carbonyl (C=O) groups excluding carboxylic acids is 1. The Morgan fingerprint density at radius 2 is 1.87 bits per heavy atom. The summed E-state index contributed by atoms with van der Waals surface area (Å²) < 4.78 is 0. The summed E-state index contributed by atoms with van der Waals surface area (Å²) in [5.74, 6) is 0. The van der Waals surface area contributed by atoms with Gasteiger partial charge in [0.15, 0.2) is 6.29 Å². The Labute approximate surface area is 92.7 Å². The minimum atomic E-state index is 0.779. The summed E-state index contributed by atoms with van der Waals surface area (Å²) in [6, 6.07) is 9.97. The molecule has 1 nitrogen and oxygen atoms in total. The highest BCUT2D eigenvalue weighted by atomic mass is 32.1. The predicted octanol–water partition coefficient (Wildman–Crippen LogP) is 3.87. The van der Waals surface area contributed by atoms with E-state index in [4.69, 9.17) is 0 Å². The van der Waals surface area contributed by atoms with Crippen molar-refractivity contribution in [3.05, 3.63) is 52.7 Å². The maximum absolute atomic E-state index is 10.8. The molecule has 0 saturated carbocycles. The predicted molar refractivity (Wildman–Crippen MR) is 65.2 cm³/mol. The van der Waals surface area contributed by atoms with Crippen LogP contribution in [0.2, 0.25) is 0 Å². The van der Waals surface area contributed by atoms with Gasteiger partial charge in [0.05, 0.1) is 4.88 Å². The summed E-state index contributed by atoms with van der Waals surface area (Å²) in [5.41, 5.74) is 3.16. The molecule has 0 saturated heterocycles. The van der Waals surface area contributed by atoms with E-state index in [9.17, 15) is 4.79 Å². The molecular weight excluding hydrogens is 204 g/mol. The van der Waals surface area contributed by atoms with Crippen LogP contribution >= 0.6 is 11.3 Å². The Morgan fingerprint density at radius 3 is 2.47 bits per heavy atom. The number of hydrogen-bond donors (Lipinski definition) is 0. The molecule has 2 aromatic rings. The van der Waals surface area contributed by atoms with Crippen LogP contribution in [-0.4, -0.2) is 6.29 Å². The van der Waals surface area contributed by atoms with Gasteiger partial charge in [-0.3, -0.25) is 4.79 Å². The summed E-state index contributed by atoms with van der Waals surface area (Å²) in [5, 5.41) is 1.93. The molecular formula is C13H10OS. The highest BCUT2D eigenvalue weighted by Crippen LogP contribution is 2.27. The molecule has 0 unspecified atom stereocenters. The van der Waals surface area contributed by atoms with Gasteiger partial charge >= 0.3 is 0 Å². The molecule has 0 bridgehead atoms. The molecule has 0 N–H and O–H groups in total. The average Bonchev–Trinajstić information content (AvgIpc) is 2.77. The van der Waals surface area contributed by atoms with Crippen molar-refractivity contribution >= 4 is 23.7 Å². The first-order valence-electron chi connectivity index (χ1n) is 4.60. The van der Waals surface area contributed by atoms with Crippen LogP contribution in [0.5, 0.6) is 0 Å². The Morgan fingerprint density at radius 1 is 1.13 bits per heavy atom. The van der Waals surface area contributed by atoms with E-state index in [2.05, 4.69) is 6.58 Å². The lowest BCUT2D eigenvalue weighted by Gasteiger charge is -2.00. The smallest absolute Gasteiger partial charge is 0.160 e. The molecule has 1 heterocycles. The lowest BCUT2D eigenvalue weighted by atomic mass is 10.1. The molecule has 1 aromatic heterocycles. The van der Waals surface area contributed by atoms with Crippen molar-refractivity contribution in [2.45, 2.75) is 0 Å². The molecule has 0 amide bonds. The van der Waals surface area contributed by atoms with Gasteiger partial charge in [-0.25, -0.2) is 0 Å². The normalized spacial score (nSPS) is 9.87. The summed E-state index contributed by atoms with van der Waals surface area (Å²) in [6.45, 7) is 3.70. The van der Waals surface area contributed by atoms with Crippen LogP contribution in [0.15, 0.2) is 42.3 Å². The van der Waals surface area contributed by atoms with E-state index >= 15 is 0 Å². The largest absolute Gasteiger partial charge is 0.297 e. The third-order valence-corrected chi connectivity index (χ3v) is 3.10. The van der Waals surface area contributed by atoms with E-state index in [0.29, 0.717) is 0 Å². The molecule has 15 heavy (non-hydrogen) atoms. The minimum absolute atomic E-state index is 0.779. The van der Waals surface area contributed by atoms with Gasteiger partial charge < -0.3 is 0 Å². The van der Waals surface area contributed by atoms with Gasteiger partial charge in [-0.15, -0.1) is 11.3 Å². The number of rotatable bonds is 3. The van der Waals surface area contributed by atoms with Gasteiger partial charge in [-0.05, 0) is 22.6 Å². The molecule has 1 aromatic carbocycles. The molecule has 2 rings (SSSR count). The molecule has 0 aliphatic heterocycles. The number of benzene rings is 1. The van der Waals surface area contributed by atoms with Crippen LogP contribution < -0.4 is 0 Å². The maximum Gasteiger partial charge on any atom is 0.160 e. The van der Waals surface area contributed by atoms with Crippen LogP contribution in [0, 0.1) is 0 Å². The van der Waals surface area contributed by atoms with Gasteiger partial charge in [-0.2, -0.15) is 0 Å². The quantitative estimate of drug-likeness (QED) is 0.709. The van der Waals surface area contributed by atoms with E-state index < -0.39 is 0 Å². The second-order valence-corrected chi connectivity index (χ2v) is 4.09. The van der Waals surface area contributed by atoms with Crippen molar-refractivity contribution < 1.29 is 4.79 Å². The summed E-state index contributed by atoms with van der Waals surface area (Å²) in [6.07, 6.45) is 2.71. The van der Waals surface area contributed by atoms with E-state index in [1.54, 1.807) is 6.08 Å². The van der Waals surface area contributed by atoms with E-state index in [1.807, 2.05) is 35.7 Å². The monoisotopic (exact) mass is 214 g/mol. The zero-order valence-electron chi connectivity index (χ0n) is 8.14.